The molecule has 2 aromatic carbocycles. The molecule has 1 heterocycles. The summed E-state index contributed by atoms with van der Waals surface area (Å²) in [5, 5.41) is 3.90. The molecule has 1 aromatic heterocycles. The highest BCUT2D eigenvalue weighted by Gasteiger charge is 2.12. The number of halogens is 1. The quantitative estimate of drug-likeness (QED) is 0.644. The number of fused-ring (bicyclic) bond motifs is 1. The van der Waals surface area contributed by atoms with E-state index in [0.29, 0.717) is 6.54 Å². The number of benzene rings is 2. The highest BCUT2D eigenvalue weighted by molar-refractivity contribution is 9.10. The topological polar surface area (TPSA) is 57.6 Å². The van der Waals surface area contributed by atoms with Gasteiger partial charge in [-0.3, -0.25) is 4.79 Å². The van der Waals surface area contributed by atoms with Gasteiger partial charge in [0.1, 0.15) is 6.54 Å². The highest BCUT2D eigenvalue weighted by atomic mass is 79.9. The normalized spacial score (nSPS) is 10.7. The van der Waals surface area contributed by atoms with Crippen LogP contribution >= 0.6 is 15.9 Å². The Morgan fingerprint density at radius 2 is 1.75 bits per heavy atom. The fourth-order valence-corrected chi connectivity index (χ4v) is 3.12. The second-order valence-electron chi connectivity index (χ2n) is 6.92. The molecule has 7 heteroatoms. The van der Waals surface area contributed by atoms with Crippen LogP contribution in [0.15, 0.2) is 59.2 Å². The fraction of sp³-hybridized carbons (Fsp3) is 0.238. The van der Waals surface area contributed by atoms with Crippen molar-refractivity contribution in [3.05, 3.63) is 64.8 Å². The van der Waals surface area contributed by atoms with Gasteiger partial charge in [0.25, 0.3) is 0 Å². The SMILES string of the molecule is CN(C)C(=O)Cn1ccc2cc(NC(=O)N(C)Cc3ccc(Br)cc3)ccc21. The predicted octanol–water partition coefficient (Wildman–Crippen LogP) is 4.16. The molecule has 0 aliphatic carbocycles. The number of nitrogens with zero attached hydrogens (tertiary/aromatic N) is 3. The van der Waals surface area contributed by atoms with Crippen LogP contribution in [-0.4, -0.2) is 47.4 Å². The zero-order valence-corrected chi connectivity index (χ0v) is 17.7. The maximum Gasteiger partial charge on any atom is 0.321 e. The summed E-state index contributed by atoms with van der Waals surface area (Å²) in [5.41, 5.74) is 2.73. The first-order chi connectivity index (χ1) is 13.3. The molecular formula is C21H23BrN4O2. The maximum absolute atomic E-state index is 12.5. The molecule has 0 saturated carbocycles. The third-order valence-corrected chi connectivity index (χ3v) is 5.04. The van der Waals surface area contributed by atoms with Crippen molar-refractivity contribution in [2.75, 3.05) is 26.5 Å². The Labute approximate surface area is 172 Å². The molecule has 0 saturated heterocycles. The number of anilines is 1. The van der Waals surface area contributed by atoms with E-state index in [1.54, 1.807) is 30.9 Å². The van der Waals surface area contributed by atoms with Gasteiger partial charge in [0.15, 0.2) is 0 Å². The Bertz CT molecular complexity index is 995. The van der Waals surface area contributed by atoms with Gasteiger partial charge in [0, 0.05) is 54.9 Å². The van der Waals surface area contributed by atoms with Gasteiger partial charge < -0.3 is 19.7 Å². The van der Waals surface area contributed by atoms with E-state index in [4.69, 9.17) is 0 Å². The maximum atomic E-state index is 12.5. The number of carbonyl (C=O) groups is 2. The van der Waals surface area contributed by atoms with Gasteiger partial charge >= 0.3 is 6.03 Å². The lowest BCUT2D eigenvalue weighted by atomic mass is 10.2. The summed E-state index contributed by atoms with van der Waals surface area (Å²) in [5.74, 6) is 0.0319. The van der Waals surface area contributed by atoms with Gasteiger partial charge in [-0.1, -0.05) is 28.1 Å². The average Bonchev–Trinajstić information content (AvgIpc) is 3.05. The molecule has 28 heavy (non-hydrogen) atoms. The van der Waals surface area contributed by atoms with Crippen molar-refractivity contribution >= 4 is 44.5 Å². The van der Waals surface area contributed by atoms with E-state index in [0.717, 1.165) is 26.6 Å². The zero-order chi connectivity index (χ0) is 20.3. The minimum absolute atomic E-state index is 0.0319. The van der Waals surface area contributed by atoms with Gasteiger partial charge in [-0.25, -0.2) is 4.79 Å². The summed E-state index contributed by atoms with van der Waals surface area (Å²) >= 11 is 3.41. The van der Waals surface area contributed by atoms with Crippen LogP contribution in [0.5, 0.6) is 0 Å². The standard InChI is InChI=1S/C21H23BrN4O2/c1-24(2)20(27)14-26-11-10-16-12-18(8-9-19(16)26)23-21(28)25(3)13-15-4-6-17(22)7-5-15/h4-12H,13-14H2,1-3H3,(H,23,28). The van der Waals surface area contributed by atoms with Crippen molar-refractivity contribution in [2.45, 2.75) is 13.1 Å². The van der Waals surface area contributed by atoms with Gasteiger partial charge in [0.2, 0.25) is 5.91 Å². The molecule has 3 amide bonds. The third-order valence-electron chi connectivity index (χ3n) is 4.51. The number of likely N-dealkylation sites (N-methyl/N-ethyl adjacent to an activating group) is 1. The molecule has 3 aromatic rings. The molecule has 0 radical (unpaired) electrons. The van der Waals surface area contributed by atoms with Crippen molar-refractivity contribution < 1.29 is 9.59 Å². The number of hydrogen-bond donors (Lipinski definition) is 1. The number of amides is 3. The molecule has 3 rings (SSSR count). The van der Waals surface area contributed by atoms with Crippen LogP contribution in [-0.2, 0) is 17.9 Å². The molecular weight excluding hydrogens is 420 g/mol. The summed E-state index contributed by atoms with van der Waals surface area (Å²) < 4.78 is 2.92. The monoisotopic (exact) mass is 442 g/mol. The number of rotatable bonds is 5. The molecule has 0 unspecified atom stereocenters. The lowest BCUT2D eigenvalue weighted by molar-refractivity contribution is -0.129. The molecule has 146 valence electrons. The van der Waals surface area contributed by atoms with Crippen LogP contribution in [0, 0.1) is 0 Å². The number of nitrogens with one attached hydrogen (secondary N) is 1. The molecule has 0 aliphatic heterocycles. The fourth-order valence-electron chi connectivity index (χ4n) is 2.86. The van der Waals surface area contributed by atoms with Crippen molar-refractivity contribution in [3.63, 3.8) is 0 Å². The molecule has 0 atom stereocenters. The number of urea groups is 1. The Kier molecular flexibility index (Phi) is 6.04. The Hall–Kier alpha value is -2.80. The van der Waals surface area contributed by atoms with E-state index in [1.807, 2.05) is 59.3 Å². The summed E-state index contributed by atoms with van der Waals surface area (Å²) in [6, 6.07) is 15.3. The molecule has 6 nitrogen and oxygen atoms in total. The summed E-state index contributed by atoms with van der Waals surface area (Å²) in [4.78, 5) is 27.6. The lowest BCUT2D eigenvalue weighted by Gasteiger charge is -2.18. The van der Waals surface area contributed by atoms with Crippen LogP contribution in [0.1, 0.15) is 5.56 Å². The van der Waals surface area contributed by atoms with Crippen LogP contribution < -0.4 is 5.32 Å². The van der Waals surface area contributed by atoms with Crippen molar-refractivity contribution in [1.29, 1.82) is 0 Å². The average molecular weight is 443 g/mol. The highest BCUT2D eigenvalue weighted by Crippen LogP contribution is 2.21. The largest absolute Gasteiger partial charge is 0.347 e. The molecule has 0 aliphatic rings. The second kappa shape index (κ2) is 8.48. The number of hydrogen-bond acceptors (Lipinski definition) is 2. The van der Waals surface area contributed by atoms with Crippen molar-refractivity contribution in [3.8, 4) is 0 Å². The van der Waals surface area contributed by atoms with E-state index in [1.165, 1.54) is 0 Å². The van der Waals surface area contributed by atoms with Crippen LogP contribution in [0.4, 0.5) is 10.5 Å². The predicted molar refractivity (Wildman–Crippen MR) is 115 cm³/mol. The van der Waals surface area contributed by atoms with Crippen molar-refractivity contribution in [2.24, 2.45) is 0 Å². The van der Waals surface area contributed by atoms with E-state index >= 15 is 0 Å². The third kappa shape index (κ3) is 4.72. The minimum Gasteiger partial charge on any atom is -0.347 e. The Balaban J connectivity index is 1.67. The first-order valence-corrected chi connectivity index (χ1v) is 9.68. The van der Waals surface area contributed by atoms with Gasteiger partial charge in [-0.15, -0.1) is 0 Å². The second-order valence-corrected chi connectivity index (χ2v) is 7.83. The van der Waals surface area contributed by atoms with Gasteiger partial charge in [-0.05, 0) is 42.0 Å². The van der Waals surface area contributed by atoms with E-state index in [2.05, 4.69) is 21.2 Å². The van der Waals surface area contributed by atoms with Crippen molar-refractivity contribution in [1.82, 2.24) is 14.4 Å². The van der Waals surface area contributed by atoms with Crippen LogP contribution in [0.3, 0.4) is 0 Å². The molecule has 0 bridgehead atoms. The number of aromatic nitrogens is 1. The first-order valence-electron chi connectivity index (χ1n) is 8.89. The lowest BCUT2D eigenvalue weighted by Crippen LogP contribution is -2.30. The smallest absolute Gasteiger partial charge is 0.321 e. The summed E-state index contributed by atoms with van der Waals surface area (Å²) in [6.07, 6.45) is 1.89. The first kappa shape index (κ1) is 19.9. The van der Waals surface area contributed by atoms with E-state index < -0.39 is 0 Å². The van der Waals surface area contributed by atoms with Gasteiger partial charge in [-0.2, -0.15) is 0 Å². The Morgan fingerprint density at radius 3 is 2.43 bits per heavy atom. The minimum atomic E-state index is -0.176. The van der Waals surface area contributed by atoms with E-state index in [-0.39, 0.29) is 18.5 Å². The van der Waals surface area contributed by atoms with Crippen LogP contribution in [0.25, 0.3) is 10.9 Å². The molecule has 1 N–H and O–H groups in total. The number of carbonyl (C=O) groups excluding carboxylic acids is 2. The molecule has 0 spiro atoms. The summed E-state index contributed by atoms with van der Waals surface area (Å²) in [6.45, 7) is 0.808. The Morgan fingerprint density at radius 1 is 1.04 bits per heavy atom. The zero-order valence-electron chi connectivity index (χ0n) is 16.1. The summed E-state index contributed by atoms with van der Waals surface area (Å²) in [7, 11) is 5.25. The van der Waals surface area contributed by atoms with Gasteiger partial charge in [0.05, 0.1) is 0 Å². The van der Waals surface area contributed by atoms with E-state index in [9.17, 15) is 9.59 Å². The van der Waals surface area contributed by atoms with Crippen LogP contribution in [0.2, 0.25) is 0 Å². The molecule has 0 fully saturated rings.